The summed E-state index contributed by atoms with van der Waals surface area (Å²) in [7, 11) is -0.647. The lowest BCUT2D eigenvalue weighted by atomic mass is 9.77. The summed E-state index contributed by atoms with van der Waals surface area (Å²) in [6, 6.07) is 12.3. The summed E-state index contributed by atoms with van der Waals surface area (Å²) < 4.78 is 31.6. The second-order valence-corrected chi connectivity index (χ2v) is 10.8. The molecule has 1 aliphatic carbocycles. The highest BCUT2D eigenvalue weighted by molar-refractivity contribution is 7.79. The Labute approximate surface area is 220 Å². The number of nitrogens with zero attached hydrogens (tertiary/aromatic N) is 1. The number of ketones is 1. The van der Waals surface area contributed by atoms with E-state index in [-0.39, 0.29) is 23.4 Å². The van der Waals surface area contributed by atoms with E-state index in [1.807, 2.05) is 40.1 Å². The van der Waals surface area contributed by atoms with Crippen molar-refractivity contribution in [1.29, 1.82) is 0 Å². The smallest absolute Gasteiger partial charge is 0.394 e. The van der Waals surface area contributed by atoms with Gasteiger partial charge in [0.2, 0.25) is 0 Å². The molecule has 0 unspecified atom stereocenters. The van der Waals surface area contributed by atoms with E-state index < -0.39 is 10.4 Å². The van der Waals surface area contributed by atoms with Gasteiger partial charge in [0.05, 0.1) is 0 Å². The van der Waals surface area contributed by atoms with Crippen LogP contribution in [0.1, 0.15) is 62.8 Å². The first-order valence-electron chi connectivity index (χ1n) is 12.0. The van der Waals surface area contributed by atoms with Gasteiger partial charge in [-0.3, -0.25) is 13.9 Å². The topological polar surface area (TPSA) is 115 Å². The number of carbonyl (C=O) groups is 1. The van der Waals surface area contributed by atoms with E-state index in [4.69, 9.17) is 17.5 Å². The molecule has 0 radical (unpaired) electrons. The fourth-order valence-electron chi connectivity index (χ4n) is 4.24. The minimum Gasteiger partial charge on any atom is -0.507 e. The average molecular weight is 528 g/mol. The molecule has 2 aromatic carbocycles. The number of benzene rings is 2. The molecule has 8 heteroatoms. The third kappa shape index (κ3) is 7.41. The molecule has 37 heavy (non-hydrogen) atoms. The number of aryl methyl sites for hydroxylation is 1. The number of rotatable bonds is 5. The van der Waals surface area contributed by atoms with Crippen molar-refractivity contribution in [3.05, 3.63) is 87.5 Å². The predicted molar refractivity (Wildman–Crippen MR) is 150 cm³/mol. The SMILES string of the molecule is CC1=CC=C(C(C)C)/C(=C(/c2ccc(N(C)C)cc2)c2c(C(C)C)ccc(C)c2O)C1=O.O=S(=O)(O)O. The first-order valence-corrected chi connectivity index (χ1v) is 13.4. The van der Waals surface area contributed by atoms with E-state index in [9.17, 15) is 9.90 Å². The number of phenolic OH excluding ortho intramolecular Hbond substituents is 1. The molecule has 3 rings (SSSR count). The van der Waals surface area contributed by atoms with Crippen LogP contribution in [-0.2, 0) is 15.2 Å². The number of hydrogen-bond acceptors (Lipinski definition) is 5. The van der Waals surface area contributed by atoms with Crippen molar-refractivity contribution in [2.24, 2.45) is 5.92 Å². The van der Waals surface area contributed by atoms with Gasteiger partial charge in [-0.05, 0) is 65.7 Å². The Bertz CT molecular complexity index is 1350. The Balaban J connectivity index is 0.000000877. The van der Waals surface area contributed by atoms with E-state index in [1.54, 1.807) is 0 Å². The lowest BCUT2D eigenvalue weighted by molar-refractivity contribution is -0.112. The van der Waals surface area contributed by atoms with Gasteiger partial charge in [-0.15, -0.1) is 0 Å². The number of allylic oxidation sites excluding steroid dienone is 5. The van der Waals surface area contributed by atoms with E-state index in [1.165, 1.54) is 0 Å². The monoisotopic (exact) mass is 527 g/mol. The van der Waals surface area contributed by atoms with Crippen LogP contribution >= 0.6 is 0 Å². The van der Waals surface area contributed by atoms with Crippen molar-refractivity contribution in [2.75, 3.05) is 19.0 Å². The molecule has 1 aliphatic rings. The first-order chi connectivity index (χ1) is 17.0. The Morgan fingerprint density at radius 1 is 0.865 bits per heavy atom. The molecule has 0 saturated heterocycles. The van der Waals surface area contributed by atoms with E-state index >= 15 is 0 Å². The van der Waals surface area contributed by atoms with Crippen molar-refractivity contribution in [1.82, 2.24) is 0 Å². The highest BCUT2D eigenvalue weighted by Crippen LogP contribution is 2.44. The van der Waals surface area contributed by atoms with Gasteiger partial charge in [-0.25, -0.2) is 0 Å². The zero-order chi connectivity index (χ0) is 28.2. The van der Waals surface area contributed by atoms with Crippen molar-refractivity contribution in [3.8, 4) is 5.75 Å². The van der Waals surface area contributed by atoms with Gasteiger partial charge in [0.15, 0.2) is 5.78 Å². The molecule has 0 spiro atoms. The molecule has 0 heterocycles. The standard InChI is InChI=1S/C29H35NO2.H2O4S/c1-17(2)23-15-9-19(5)28(31)26(23)25(21-11-13-22(14-12-21)30(7)8)27-24(18(3)4)16-10-20(6)29(27)32;1-5(2,3)4/h9-18,31H,1-8H3;(H2,1,2,3,4)/b27-25+;. The Kier molecular flexibility index (Phi) is 9.66. The van der Waals surface area contributed by atoms with Gasteiger partial charge >= 0.3 is 10.4 Å². The van der Waals surface area contributed by atoms with E-state index in [2.05, 4.69) is 69.0 Å². The summed E-state index contributed by atoms with van der Waals surface area (Å²) in [5, 5.41) is 11.3. The van der Waals surface area contributed by atoms with Crippen LogP contribution in [0.3, 0.4) is 0 Å². The summed E-state index contributed by atoms with van der Waals surface area (Å²) in [6.07, 6.45) is 3.97. The lowest BCUT2D eigenvalue weighted by Crippen LogP contribution is -2.17. The summed E-state index contributed by atoms with van der Waals surface area (Å²) in [5.41, 5.74) is 7.85. The fraction of sp³-hybridized carbons (Fsp3) is 0.345. The maximum absolute atomic E-state index is 13.6. The molecule has 2 aromatic rings. The lowest BCUT2D eigenvalue weighted by Gasteiger charge is -2.26. The largest absolute Gasteiger partial charge is 0.507 e. The van der Waals surface area contributed by atoms with Crippen LogP contribution in [-0.4, -0.2) is 42.5 Å². The molecule has 3 N–H and O–H groups in total. The highest BCUT2D eigenvalue weighted by atomic mass is 32.3. The number of anilines is 1. The summed E-state index contributed by atoms with van der Waals surface area (Å²) >= 11 is 0. The molecule has 0 fully saturated rings. The van der Waals surface area contributed by atoms with Crippen LogP contribution in [0.15, 0.2) is 65.3 Å². The Morgan fingerprint density at radius 2 is 1.41 bits per heavy atom. The van der Waals surface area contributed by atoms with Gasteiger partial charge in [0.25, 0.3) is 0 Å². The number of aromatic hydroxyl groups is 1. The molecule has 0 aliphatic heterocycles. The van der Waals surface area contributed by atoms with Crippen molar-refractivity contribution >= 4 is 27.4 Å². The maximum atomic E-state index is 13.6. The third-order valence-corrected chi connectivity index (χ3v) is 6.22. The molecular formula is C29H37NO6S. The highest BCUT2D eigenvalue weighted by Gasteiger charge is 2.30. The van der Waals surface area contributed by atoms with Crippen LogP contribution in [0, 0.1) is 12.8 Å². The van der Waals surface area contributed by atoms with Gasteiger partial charge in [0.1, 0.15) is 5.75 Å². The van der Waals surface area contributed by atoms with Crippen molar-refractivity contribution in [2.45, 2.75) is 47.5 Å². The van der Waals surface area contributed by atoms with Gasteiger partial charge in [-0.2, -0.15) is 8.42 Å². The zero-order valence-electron chi connectivity index (χ0n) is 22.7. The van der Waals surface area contributed by atoms with Crippen LogP contribution < -0.4 is 4.90 Å². The Morgan fingerprint density at radius 3 is 1.86 bits per heavy atom. The van der Waals surface area contributed by atoms with Gasteiger partial charge in [-0.1, -0.05) is 64.1 Å². The second kappa shape index (κ2) is 11.9. The molecule has 0 amide bonds. The van der Waals surface area contributed by atoms with Crippen LogP contribution in [0.2, 0.25) is 0 Å². The minimum atomic E-state index is -4.67. The minimum absolute atomic E-state index is 0.0264. The number of carbonyl (C=O) groups excluding carboxylic acids is 1. The Hall–Kier alpha value is -3.20. The number of hydrogen-bond donors (Lipinski definition) is 3. The third-order valence-electron chi connectivity index (χ3n) is 6.22. The normalized spacial score (nSPS) is 15.2. The van der Waals surface area contributed by atoms with E-state index in [0.29, 0.717) is 11.1 Å². The molecule has 200 valence electrons. The van der Waals surface area contributed by atoms with Gasteiger partial charge in [0, 0.05) is 36.5 Å². The summed E-state index contributed by atoms with van der Waals surface area (Å²) in [5.74, 6) is 0.635. The fourth-order valence-corrected chi connectivity index (χ4v) is 4.24. The first kappa shape index (κ1) is 30.0. The van der Waals surface area contributed by atoms with Crippen LogP contribution in [0.25, 0.3) is 5.57 Å². The van der Waals surface area contributed by atoms with Crippen molar-refractivity contribution < 1.29 is 27.4 Å². The quantitative estimate of drug-likeness (QED) is 0.315. The number of Topliss-reactive ketones (excluding diaryl/α,β-unsaturated/α-hetero) is 1. The van der Waals surface area contributed by atoms with Gasteiger partial charge < -0.3 is 10.0 Å². The average Bonchev–Trinajstić information content (AvgIpc) is 2.78. The molecule has 0 bridgehead atoms. The van der Waals surface area contributed by atoms with Crippen molar-refractivity contribution in [3.63, 3.8) is 0 Å². The maximum Gasteiger partial charge on any atom is 0.394 e. The summed E-state index contributed by atoms with van der Waals surface area (Å²) in [4.78, 5) is 15.7. The molecule has 0 saturated carbocycles. The van der Waals surface area contributed by atoms with E-state index in [0.717, 1.165) is 39.1 Å². The molecule has 0 atom stereocenters. The second-order valence-electron chi connectivity index (χ2n) is 9.94. The molecule has 0 aromatic heterocycles. The zero-order valence-corrected chi connectivity index (χ0v) is 23.5. The molecule has 7 nitrogen and oxygen atoms in total. The van der Waals surface area contributed by atoms with Crippen LogP contribution in [0.5, 0.6) is 5.75 Å². The predicted octanol–water partition coefficient (Wildman–Crippen LogP) is 6.15. The summed E-state index contributed by atoms with van der Waals surface area (Å²) in [6.45, 7) is 12.2. The molecular weight excluding hydrogens is 490 g/mol. The number of phenols is 1. The van der Waals surface area contributed by atoms with Crippen LogP contribution in [0.4, 0.5) is 5.69 Å².